The molecule has 0 aliphatic carbocycles. The molecule has 0 aliphatic heterocycles. The molecule has 0 atom stereocenters. The summed E-state index contributed by atoms with van der Waals surface area (Å²) in [6.45, 7) is 2.58. The maximum atomic E-state index is 12.3. The second-order valence-electron chi connectivity index (χ2n) is 6.35. The van der Waals surface area contributed by atoms with Crippen LogP contribution in [0.25, 0.3) is 0 Å². The summed E-state index contributed by atoms with van der Waals surface area (Å²) in [5, 5.41) is 5.19. The maximum Gasteiger partial charge on any atom is 0.325 e. The van der Waals surface area contributed by atoms with Gasteiger partial charge in [0, 0.05) is 18.3 Å². The van der Waals surface area contributed by atoms with Crippen LogP contribution in [0.15, 0.2) is 48.5 Å². The van der Waals surface area contributed by atoms with Gasteiger partial charge in [-0.25, -0.2) is 4.79 Å². The van der Waals surface area contributed by atoms with Gasteiger partial charge in [-0.1, -0.05) is 17.7 Å². The van der Waals surface area contributed by atoms with E-state index in [4.69, 9.17) is 4.74 Å². The van der Waals surface area contributed by atoms with Gasteiger partial charge in [0.2, 0.25) is 0 Å². The van der Waals surface area contributed by atoms with Gasteiger partial charge in [0.15, 0.2) is 0 Å². The Morgan fingerprint density at radius 2 is 1.66 bits per heavy atom. The van der Waals surface area contributed by atoms with E-state index in [0.717, 1.165) is 11.3 Å². The van der Waals surface area contributed by atoms with Crippen molar-refractivity contribution in [2.24, 2.45) is 0 Å². The molecule has 29 heavy (non-hydrogen) atoms. The molecule has 0 spiro atoms. The summed E-state index contributed by atoms with van der Waals surface area (Å²) in [5.41, 5.74) is 2.07. The predicted molar refractivity (Wildman–Crippen MR) is 109 cm³/mol. The number of rotatable bonds is 8. The number of carbonyl (C=O) groups excluding carboxylic acids is 3. The molecule has 0 heterocycles. The minimum absolute atomic E-state index is 0.205. The Labute approximate surface area is 169 Å². The number of nitrogens with zero attached hydrogens (tertiary/aromatic N) is 1. The van der Waals surface area contributed by atoms with E-state index in [1.807, 2.05) is 31.2 Å². The van der Waals surface area contributed by atoms with Crippen molar-refractivity contribution < 1.29 is 23.9 Å². The van der Waals surface area contributed by atoms with Crippen molar-refractivity contribution in [3.8, 4) is 5.75 Å². The highest BCUT2D eigenvalue weighted by Gasteiger charge is 2.11. The monoisotopic (exact) mass is 399 g/mol. The van der Waals surface area contributed by atoms with Crippen LogP contribution in [0.3, 0.4) is 0 Å². The highest BCUT2D eigenvalue weighted by Crippen LogP contribution is 2.12. The number of aryl methyl sites for hydroxylation is 1. The molecule has 3 amide bonds. The Balaban J connectivity index is 1.77. The molecule has 154 valence electrons. The first-order valence-corrected chi connectivity index (χ1v) is 9.05. The summed E-state index contributed by atoms with van der Waals surface area (Å²) in [7, 11) is 2.92. The second-order valence-corrected chi connectivity index (χ2v) is 6.35. The van der Waals surface area contributed by atoms with Crippen LogP contribution in [0.4, 0.5) is 10.5 Å². The van der Waals surface area contributed by atoms with E-state index in [2.05, 4.69) is 15.4 Å². The summed E-state index contributed by atoms with van der Waals surface area (Å²) in [6.07, 6.45) is 0. The quantitative estimate of drug-likeness (QED) is 0.665. The molecule has 0 saturated carbocycles. The van der Waals surface area contributed by atoms with Crippen molar-refractivity contribution in [2.45, 2.75) is 6.92 Å². The van der Waals surface area contributed by atoms with Gasteiger partial charge in [0.1, 0.15) is 18.9 Å². The maximum absolute atomic E-state index is 12.3. The number of anilines is 1. The number of methoxy groups -OCH3 is 1. The van der Waals surface area contributed by atoms with Gasteiger partial charge in [-0.2, -0.15) is 0 Å². The fourth-order valence-corrected chi connectivity index (χ4v) is 2.29. The van der Waals surface area contributed by atoms with Crippen LogP contribution in [0.2, 0.25) is 0 Å². The first-order valence-electron chi connectivity index (χ1n) is 9.05. The molecule has 8 heteroatoms. The fourth-order valence-electron chi connectivity index (χ4n) is 2.29. The average Bonchev–Trinajstić information content (AvgIpc) is 2.73. The van der Waals surface area contributed by atoms with Crippen molar-refractivity contribution in [1.29, 1.82) is 0 Å². The number of esters is 1. The molecule has 2 aromatic carbocycles. The smallest absolute Gasteiger partial charge is 0.325 e. The zero-order valence-corrected chi connectivity index (χ0v) is 16.7. The third kappa shape index (κ3) is 7.17. The summed E-state index contributed by atoms with van der Waals surface area (Å²) in [4.78, 5) is 36.8. The largest absolute Gasteiger partial charge is 0.492 e. The highest BCUT2D eigenvalue weighted by atomic mass is 16.5. The van der Waals surface area contributed by atoms with E-state index < -0.39 is 11.9 Å². The van der Waals surface area contributed by atoms with Gasteiger partial charge >= 0.3 is 12.0 Å². The number of nitrogens with one attached hydrogen (secondary N) is 2. The third-order valence-electron chi connectivity index (χ3n) is 4.08. The lowest BCUT2D eigenvalue weighted by atomic mass is 10.2. The molecule has 0 bridgehead atoms. The van der Waals surface area contributed by atoms with Crippen molar-refractivity contribution in [2.75, 3.05) is 39.2 Å². The summed E-state index contributed by atoms with van der Waals surface area (Å²) in [6, 6.07) is 13.8. The van der Waals surface area contributed by atoms with Gasteiger partial charge in [-0.3, -0.25) is 9.59 Å². The van der Waals surface area contributed by atoms with Crippen molar-refractivity contribution >= 4 is 23.6 Å². The van der Waals surface area contributed by atoms with Crippen LogP contribution < -0.4 is 15.4 Å². The Morgan fingerprint density at radius 3 is 2.28 bits per heavy atom. The van der Waals surface area contributed by atoms with Crippen molar-refractivity contribution in [3.05, 3.63) is 59.7 Å². The Bertz CT molecular complexity index is 834. The topological polar surface area (TPSA) is 97.0 Å². The van der Waals surface area contributed by atoms with E-state index in [-0.39, 0.29) is 12.6 Å². The fraction of sp³-hybridized carbons (Fsp3) is 0.286. The van der Waals surface area contributed by atoms with Gasteiger partial charge in [-0.05, 0) is 43.3 Å². The molecular weight excluding hydrogens is 374 g/mol. The number of likely N-dealkylation sites (N-methyl/N-ethyl adjacent to an activating group) is 1. The van der Waals surface area contributed by atoms with E-state index in [9.17, 15) is 14.4 Å². The van der Waals surface area contributed by atoms with E-state index in [1.165, 1.54) is 12.0 Å². The minimum Gasteiger partial charge on any atom is -0.492 e. The van der Waals surface area contributed by atoms with E-state index in [1.54, 1.807) is 31.3 Å². The van der Waals surface area contributed by atoms with Crippen LogP contribution in [0, 0.1) is 6.92 Å². The van der Waals surface area contributed by atoms with Gasteiger partial charge in [0.05, 0.1) is 13.7 Å². The first-order chi connectivity index (χ1) is 13.9. The van der Waals surface area contributed by atoms with E-state index in [0.29, 0.717) is 24.4 Å². The third-order valence-corrected chi connectivity index (χ3v) is 4.08. The Hall–Kier alpha value is -3.55. The second kappa shape index (κ2) is 10.7. The molecule has 0 fully saturated rings. The number of amides is 3. The van der Waals surface area contributed by atoms with Gasteiger partial charge in [-0.15, -0.1) is 0 Å². The first kappa shape index (κ1) is 21.7. The number of hydrogen-bond acceptors (Lipinski definition) is 5. The van der Waals surface area contributed by atoms with Crippen LogP contribution in [0.5, 0.6) is 5.75 Å². The lowest BCUT2D eigenvalue weighted by Gasteiger charge is -2.18. The molecule has 2 N–H and O–H groups in total. The number of benzene rings is 2. The standard InChI is InChI=1S/C21H25N3O5/c1-15-4-10-18(11-5-15)29-13-12-24(2)21(27)23-17-8-6-16(7-9-17)20(26)22-14-19(25)28-3/h4-11H,12-14H2,1-3H3,(H,22,26)(H,23,27). The number of carbonyl (C=O) groups is 3. The number of hydrogen-bond donors (Lipinski definition) is 2. The van der Waals surface area contributed by atoms with Crippen molar-refractivity contribution in [1.82, 2.24) is 10.2 Å². The average molecular weight is 399 g/mol. The van der Waals surface area contributed by atoms with Gasteiger partial charge in [0.25, 0.3) is 5.91 Å². The Morgan fingerprint density at radius 1 is 1.00 bits per heavy atom. The molecule has 0 aliphatic rings. The zero-order valence-electron chi connectivity index (χ0n) is 16.7. The van der Waals surface area contributed by atoms with Crippen LogP contribution in [-0.4, -0.2) is 56.7 Å². The lowest BCUT2D eigenvalue weighted by Crippen LogP contribution is -2.34. The van der Waals surface area contributed by atoms with E-state index >= 15 is 0 Å². The number of urea groups is 1. The van der Waals surface area contributed by atoms with Crippen LogP contribution in [0.1, 0.15) is 15.9 Å². The minimum atomic E-state index is -0.531. The zero-order chi connectivity index (χ0) is 21.2. The molecule has 0 aromatic heterocycles. The van der Waals surface area contributed by atoms with Crippen LogP contribution >= 0.6 is 0 Å². The number of ether oxygens (including phenoxy) is 2. The molecule has 0 saturated heterocycles. The molecule has 0 radical (unpaired) electrons. The molecule has 2 rings (SSSR count). The van der Waals surface area contributed by atoms with Crippen LogP contribution in [-0.2, 0) is 9.53 Å². The lowest BCUT2D eigenvalue weighted by molar-refractivity contribution is -0.139. The van der Waals surface area contributed by atoms with Crippen molar-refractivity contribution in [3.63, 3.8) is 0 Å². The summed E-state index contributed by atoms with van der Waals surface area (Å²) in [5.74, 6) is -0.180. The summed E-state index contributed by atoms with van der Waals surface area (Å²) >= 11 is 0. The summed E-state index contributed by atoms with van der Waals surface area (Å²) < 4.78 is 10.1. The molecule has 8 nitrogen and oxygen atoms in total. The van der Waals surface area contributed by atoms with Gasteiger partial charge < -0.3 is 25.0 Å². The normalized spacial score (nSPS) is 10.0. The molecular formula is C21H25N3O5. The predicted octanol–water partition coefficient (Wildman–Crippen LogP) is 2.44. The molecule has 2 aromatic rings. The Kier molecular flexibility index (Phi) is 8.02. The SMILES string of the molecule is COC(=O)CNC(=O)c1ccc(NC(=O)N(C)CCOc2ccc(C)cc2)cc1. The highest BCUT2D eigenvalue weighted by molar-refractivity contribution is 5.96. The molecule has 0 unspecified atom stereocenters.